The second-order valence-corrected chi connectivity index (χ2v) is 8.22. The first kappa shape index (κ1) is 18.9. The van der Waals surface area contributed by atoms with Crippen molar-refractivity contribution in [2.75, 3.05) is 23.3 Å². The molecule has 0 radical (unpaired) electrons. The van der Waals surface area contributed by atoms with Gasteiger partial charge in [-0.05, 0) is 61.7 Å². The molecule has 2 aromatic carbocycles. The molecule has 1 saturated heterocycles. The molecule has 0 unspecified atom stereocenters. The Labute approximate surface area is 172 Å². The monoisotopic (exact) mass is 393 g/mol. The van der Waals surface area contributed by atoms with Crippen LogP contribution in [0.1, 0.15) is 44.1 Å². The first-order valence-corrected chi connectivity index (χ1v) is 10.6. The van der Waals surface area contributed by atoms with Crippen molar-refractivity contribution >= 4 is 34.6 Å². The Morgan fingerprint density at radius 3 is 2.36 bits per heavy atom. The third-order valence-corrected chi connectivity index (χ3v) is 6.22. The van der Waals surface area contributed by atoms with E-state index >= 15 is 0 Å². The third kappa shape index (κ3) is 3.90. The highest BCUT2D eigenvalue weighted by Crippen LogP contribution is 2.41. The molecule has 5 heteroatoms. The summed E-state index contributed by atoms with van der Waals surface area (Å²) < 4.78 is 0. The molecule has 0 spiro atoms. The van der Waals surface area contributed by atoms with Gasteiger partial charge in [-0.25, -0.2) is 0 Å². The van der Waals surface area contributed by atoms with E-state index in [4.69, 9.17) is 12.2 Å². The first-order valence-electron chi connectivity index (χ1n) is 10.2. The summed E-state index contributed by atoms with van der Waals surface area (Å²) in [5, 5.41) is 6.53. The van der Waals surface area contributed by atoms with Crippen LogP contribution >= 0.6 is 12.2 Å². The predicted octanol–water partition coefficient (Wildman–Crippen LogP) is 4.61. The lowest BCUT2D eigenvalue weighted by Crippen LogP contribution is -2.46. The summed E-state index contributed by atoms with van der Waals surface area (Å²) in [4.78, 5) is 15.6. The fraction of sp³-hybridized carbons (Fsp3) is 0.391. The number of nitrogens with zero attached hydrogens (tertiary/aromatic N) is 1. The minimum Gasteiger partial charge on any atom is -0.371 e. The molecule has 4 nitrogen and oxygen atoms in total. The molecular weight excluding hydrogens is 366 g/mol. The minimum absolute atomic E-state index is 0.00407. The predicted molar refractivity (Wildman–Crippen MR) is 119 cm³/mol. The minimum atomic E-state index is -0.468. The van der Waals surface area contributed by atoms with Crippen LogP contribution in [0.5, 0.6) is 0 Å². The Bertz CT molecular complexity index is 840. The van der Waals surface area contributed by atoms with Crippen molar-refractivity contribution in [3.63, 3.8) is 0 Å². The van der Waals surface area contributed by atoms with Crippen LogP contribution in [0.25, 0.3) is 0 Å². The summed E-state index contributed by atoms with van der Waals surface area (Å²) in [5.74, 6) is 0.00407. The van der Waals surface area contributed by atoms with Crippen molar-refractivity contribution < 1.29 is 4.79 Å². The van der Waals surface area contributed by atoms with Crippen LogP contribution in [0, 0.1) is 0 Å². The zero-order valence-electron chi connectivity index (χ0n) is 16.1. The number of rotatable bonds is 4. The van der Waals surface area contributed by atoms with E-state index in [1.54, 1.807) is 0 Å². The Kier molecular flexibility index (Phi) is 5.62. The zero-order valence-corrected chi connectivity index (χ0v) is 16.9. The van der Waals surface area contributed by atoms with E-state index in [-0.39, 0.29) is 5.91 Å². The van der Waals surface area contributed by atoms with Crippen LogP contribution in [-0.2, 0) is 10.2 Å². The zero-order chi connectivity index (χ0) is 19.4. The van der Waals surface area contributed by atoms with Gasteiger partial charge in [0.1, 0.15) is 0 Å². The van der Waals surface area contributed by atoms with Crippen LogP contribution < -0.4 is 15.5 Å². The lowest BCUT2D eigenvalue weighted by atomic mass is 9.78. The van der Waals surface area contributed by atoms with Crippen LogP contribution in [0.2, 0.25) is 0 Å². The number of benzene rings is 2. The largest absolute Gasteiger partial charge is 0.371 e. The van der Waals surface area contributed by atoms with Crippen LogP contribution in [-0.4, -0.2) is 24.1 Å². The number of carbonyl (C=O) groups is 1. The molecule has 2 N–H and O–H groups in total. The van der Waals surface area contributed by atoms with Gasteiger partial charge >= 0.3 is 0 Å². The van der Waals surface area contributed by atoms with Crippen molar-refractivity contribution in [2.45, 2.75) is 43.9 Å². The summed E-state index contributed by atoms with van der Waals surface area (Å²) in [6.07, 6.45) is 6.37. The van der Waals surface area contributed by atoms with Crippen molar-refractivity contribution in [1.29, 1.82) is 0 Å². The van der Waals surface area contributed by atoms with E-state index in [1.165, 1.54) is 18.5 Å². The Morgan fingerprint density at radius 1 is 0.929 bits per heavy atom. The number of hydrogen-bond acceptors (Lipinski definition) is 3. The smallest absolute Gasteiger partial charge is 0.236 e. The van der Waals surface area contributed by atoms with Crippen LogP contribution in [0.3, 0.4) is 0 Å². The molecule has 2 aliphatic rings. The Balaban J connectivity index is 1.44. The normalized spacial score (nSPS) is 18.1. The molecule has 0 atom stereocenters. The van der Waals surface area contributed by atoms with Gasteiger partial charge in [0.25, 0.3) is 0 Å². The lowest BCUT2D eigenvalue weighted by Gasteiger charge is -2.28. The average molecular weight is 394 g/mol. The molecular formula is C23H27N3OS. The number of amides is 1. The highest BCUT2D eigenvalue weighted by Gasteiger charge is 2.42. The van der Waals surface area contributed by atoms with Crippen LogP contribution in [0.4, 0.5) is 11.4 Å². The maximum atomic E-state index is 13.2. The number of nitrogens with one attached hydrogen (secondary N) is 2. The fourth-order valence-corrected chi connectivity index (χ4v) is 4.73. The second-order valence-electron chi connectivity index (χ2n) is 7.81. The molecule has 28 heavy (non-hydrogen) atoms. The van der Waals surface area contributed by atoms with E-state index in [0.29, 0.717) is 5.11 Å². The van der Waals surface area contributed by atoms with Gasteiger partial charge in [0.05, 0.1) is 5.41 Å². The maximum Gasteiger partial charge on any atom is 0.236 e. The Morgan fingerprint density at radius 2 is 1.64 bits per heavy atom. The molecule has 4 rings (SSSR count). The SMILES string of the molecule is O=C(NC(=S)Nc1cccc(N2CCCC2)c1)C1(c2ccccc2)CCCC1. The van der Waals surface area contributed by atoms with Gasteiger partial charge in [-0.15, -0.1) is 0 Å². The van der Waals surface area contributed by atoms with Gasteiger partial charge in [-0.2, -0.15) is 0 Å². The second kappa shape index (κ2) is 8.31. The lowest BCUT2D eigenvalue weighted by molar-refractivity contribution is -0.125. The quantitative estimate of drug-likeness (QED) is 0.745. The van der Waals surface area contributed by atoms with E-state index in [0.717, 1.165) is 50.0 Å². The van der Waals surface area contributed by atoms with E-state index in [9.17, 15) is 4.79 Å². The van der Waals surface area contributed by atoms with Crippen molar-refractivity contribution in [3.8, 4) is 0 Å². The summed E-state index contributed by atoms with van der Waals surface area (Å²) in [5.41, 5.74) is 2.73. The van der Waals surface area contributed by atoms with Gasteiger partial charge in [-0.1, -0.05) is 49.2 Å². The molecule has 2 aromatic rings. The summed E-state index contributed by atoms with van der Waals surface area (Å²) in [6, 6.07) is 18.4. The third-order valence-electron chi connectivity index (χ3n) is 6.02. The summed E-state index contributed by atoms with van der Waals surface area (Å²) >= 11 is 5.47. The van der Waals surface area contributed by atoms with Gasteiger partial charge < -0.3 is 15.5 Å². The van der Waals surface area contributed by atoms with Gasteiger partial charge in [-0.3, -0.25) is 4.79 Å². The average Bonchev–Trinajstić information content (AvgIpc) is 3.42. The number of carbonyl (C=O) groups excluding carboxylic acids is 1. The topological polar surface area (TPSA) is 44.4 Å². The molecule has 1 amide bonds. The van der Waals surface area contributed by atoms with E-state index in [1.807, 2.05) is 30.3 Å². The van der Waals surface area contributed by atoms with Crippen molar-refractivity contribution in [2.24, 2.45) is 0 Å². The molecule has 1 saturated carbocycles. The number of anilines is 2. The molecule has 1 aliphatic carbocycles. The number of hydrogen-bond donors (Lipinski definition) is 2. The van der Waals surface area contributed by atoms with E-state index in [2.05, 4.69) is 39.8 Å². The molecule has 1 heterocycles. The molecule has 0 bridgehead atoms. The number of thiocarbonyl (C=S) groups is 1. The first-order chi connectivity index (χ1) is 13.7. The highest BCUT2D eigenvalue weighted by molar-refractivity contribution is 7.80. The summed E-state index contributed by atoms with van der Waals surface area (Å²) in [6.45, 7) is 2.20. The van der Waals surface area contributed by atoms with Gasteiger partial charge in [0.2, 0.25) is 5.91 Å². The van der Waals surface area contributed by atoms with Crippen LogP contribution in [0.15, 0.2) is 54.6 Å². The molecule has 1 aliphatic heterocycles. The standard InChI is InChI=1S/C23H27N3OS/c27-21(23(13-4-5-14-23)18-9-2-1-3-10-18)25-22(28)24-19-11-8-12-20(17-19)26-15-6-7-16-26/h1-3,8-12,17H,4-7,13-16H2,(H2,24,25,27,28). The van der Waals surface area contributed by atoms with Gasteiger partial charge in [0, 0.05) is 24.5 Å². The van der Waals surface area contributed by atoms with E-state index < -0.39 is 5.41 Å². The fourth-order valence-electron chi connectivity index (χ4n) is 4.52. The maximum absolute atomic E-state index is 13.2. The van der Waals surface area contributed by atoms with Gasteiger partial charge in [0.15, 0.2) is 5.11 Å². The van der Waals surface area contributed by atoms with Crippen molar-refractivity contribution in [3.05, 3.63) is 60.2 Å². The molecule has 146 valence electrons. The Hall–Kier alpha value is -2.40. The molecule has 0 aromatic heterocycles. The van der Waals surface area contributed by atoms with Crippen molar-refractivity contribution in [1.82, 2.24) is 5.32 Å². The summed E-state index contributed by atoms with van der Waals surface area (Å²) in [7, 11) is 0. The molecule has 2 fully saturated rings. The highest BCUT2D eigenvalue weighted by atomic mass is 32.1.